The average molecular weight is 363 g/mol. The molecule has 0 aliphatic heterocycles. The van der Waals surface area contributed by atoms with Gasteiger partial charge in [-0.05, 0) is 26.0 Å². The summed E-state index contributed by atoms with van der Waals surface area (Å²) in [5.74, 6) is 0.856. The fraction of sp³-hybridized carbons (Fsp3) is 0.444. The van der Waals surface area contributed by atoms with Gasteiger partial charge in [-0.25, -0.2) is 4.98 Å². The van der Waals surface area contributed by atoms with Gasteiger partial charge >= 0.3 is 0 Å². The second kappa shape index (κ2) is 9.69. The summed E-state index contributed by atoms with van der Waals surface area (Å²) in [6, 6.07) is 10.5. The maximum atomic E-state index is 4.47. The van der Waals surface area contributed by atoms with Gasteiger partial charge in [-0.1, -0.05) is 25.1 Å². The number of rotatable bonds is 7. The number of guanidine groups is 1. The maximum Gasteiger partial charge on any atom is 0.191 e. The fourth-order valence-electron chi connectivity index (χ4n) is 2.33. The lowest BCUT2D eigenvalue weighted by atomic mass is 10.3. The van der Waals surface area contributed by atoms with Crippen molar-refractivity contribution in [3.63, 3.8) is 0 Å². The van der Waals surface area contributed by atoms with Crippen molar-refractivity contribution in [1.29, 1.82) is 0 Å². The molecule has 2 N–H and O–H groups in total. The summed E-state index contributed by atoms with van der Waals surface area (Å²) >= 11 is 3.65. The Labute approximate surface area is 153 Å². The molecule has 1 aromatic heterocycles. The van der Waals surface area contributed by atoms with Crippen LogP contribution in [0.2, 0.25) is 0 Å². The summed E-state index contributed by atoms with van der Waals surface area (Å²) in [6.45, 7) is 8.09. The number of hydrogen-bond donors (Lipinski definition) is 2. The quantitative estimate of drug-likeness (QED) is 0.448. The van der Waals surface area contributed by atoms with E-state index in [1.807, 2.05) is 24.9 Å². The summed E-state index contributed by atoms with van der Waals surface area (Å²) in [4.78, 5) is 11.4. The molecule has 1 aromatic carbocycles. The number of thioether (sulfide) groups is 1. The number of aryl methyl sites for hydroxylation is 2. The van der Waals surface area contributed by atoms with Gasteiger partial charge in [-0.15, -0.1) is 23.1 Å². The molecule has 0 aliphatic carbocycles. The molecule has 130 valence electrons. The lowest BCUT2D eigenvalue weighted by molar-refractivity contribution is 0.782. The van der Waals surface area contributed by atoms with E-state index in [9.17, 15) is 0 Å². The monoisotopic (exact) mass is 362 g/mol. The SMILES string of the molecule is CN=C(NCCc1sc(C)nc1C)NCC(C)Sc1ccccc1. The molecule has 0 aliphatic rings. The molecule has 2 rings (SSSR count). The summed E-state index contributed by atoms with van der Waals surface area (Å²) < 4.78 is 0. The maximum absolute atomic E-state index is 4.47. The number of thiazole rings is 1. The number of benzene rings is 1. The minimum absolute atomic E-state index is 0.470. The number of aromatic nitrogens is 1. The van der Waals surface area contributed by atoms with Crippen molar-refractivity contribution in [2.75, 3.05) is 20.1 Å². The number of nitrogens with one attached hydrogen (secondary N) is 2. The highest BCUT2D eigenvalue weighted by Gasteiger charge is 2.07. The lowest BCUT2D eigenvalue weighted by Crippen LogP contribution is -2.40. The smallest absolute Gasteiger partial charge is 0.191 e. The normalized spacial score (nSPS) is 12.9. The van der Waals surface area contributed by atoms with Crippen LogP contribution in [0.15, 0.2) is 40.2 Å². The third-order valence-electron chi connectivity index (χ3n) is 3.51. The molecule has 0 bridgehead atoms. The average Bonchev–Trinajstić information content (AvgIpc) is 2.89. The minimum Gasteiger partial charge on any atom is -0.356 e. The minimum atomic E-state index is 0.470. The Bertz CT molecular complexity index is 652. The summed E-state index contributed by atoms with van der Waals surface area (Å²) in [5, 5.41) is 8.39. The Morgan fingerprint density at radius 2 is 2.00 bits per heavy atom. The molecule has 0 spiro atoms. The van der Waals surface area contributed by atoms with Crippen LogP contribution in [0.4, 0.5) is 0 Å². The van der Waals surface area contributed by atoms with Crippen LogP contribution in [0.5, 0.6) is 0 Å². The van der Waals surface area contributed by atoms with Crippen molar-refractivity contribution in [3.8, 4) is 0 Å². The van der Waals surface area contributed by atoms with Gasteiger partial charge in [0.15, 0.2) is 5.96 Å². The first kappa shape index (κ1) is 18.8. The van der Waals surface area contributed by atoms with E-state index in [-0.39, 0.29) is 0 Å². The predicted octanol–water partition coefficient (Wildman–Crippen LogP) is 3.65. The van der Waals surface area contributed by atoms with E-state index >= 15 is 0 Å². The van der Waals surface area contributed by atoms with E-state index in [1.165, 1.54) is 9.77 Å². The fourth-order valence-corrected chi connectivity index (χ4v) is 4.22. The van der Waals surface area contributed by atoms with Crippen molar-refractivity contribution >= 4 is 29.1 Å². The number of aliphatic imine (C=N–C) groups is 1. The molecule has 2 aromatic rings. The third kappa shape index (κ3) is 6.17. The van der Waals surface area contributed by atoms with Crippen LogP contribution in [0, 0.1) is 13.8 Å². The van der Waals surface area contributed by atoms with E-state index in [0.717, 1.165) is 36.2 Å². The summed E-state index contributed by atoms with van der Waals surface area (Å²) in [5.41, 5.74) is 1.15. The van der Waals surface area contributed by atoms with Gasteiger partial charge in [0.25, 0.3) is 0 Å². The predicted molar refractivity (Wildman–Crippen MR) is 106 cm³/mol. The van der Waals surface area contributed by atoms with E-state index in [1.54, 1.807) is 11.3 Å². The van der Waals surface area contributed by atoms with Gasteiger partial charge in [0.2, 0.25) is 0 Å². The molecule has 0 amide bonds. The topological polar surface area (TPSA) is 49.3 Å². The zero-order valence-corrected chi connectivity index (χ0v) is 16.4. The Morgan fingerprint density at radius 3 is 2.62 bits per heavy atom. The highest BCUT2D eigenvalue weighted by molar-refractivity contribution is 8.00. The van der Waals surface area contributed by atoms with Crippen molar-refractivity contribution in [1.82, 2.24) is 15.6 Å². The van der Waals surface area contributed by atoms with Gasteiger partial charge < -0.3 is 10.6 Å². The molecule has 0 saturated carbocycles. The van der Waals surface area contributed by atoms with Crippen LogP contribution in [0.1, 0.15) is 22.5 Å². The Balaban J connectivity index is 1.71. The second-order valence-electron chi connectivity index (χ2n) is 5.61. The molecule has 4 nitrogen and oxygen atoms in total. The van der Waals surface area contributed by atoms with E-state index in [0.29, 0.717) is 5.25 Å². The molecule has 1 atom stereocenters. The van der Waals surface area contributed by atoms with Crippen molar-refractivity contribution in [2.45, 2.75) is 37.3 Å². The molecule has 0 fully saturated rings. The largest absolute Gasteiger partial charge is 0.356 e. The first-order valence-electron chi connectivity index (χ1n) is 8.17. The standard InChI is InChI=1S/C18H26N4S2/c1-13(23-16-8-6-5-7-9-16)12-21-18(19-4)20-11-10-17-14(2)22-15(3)24-17/h5-9,13H,10-12H2,1-4H3,(H2,19,20,21). The van der Waals surface area contributed by atoms with E-state index in [4.69, 9.17) is 0 Å². The molecule has 1 unspecified atom stereocenters. The van der Waals surface area contributed by atoms with Crippen LogP contribution >= 0.6 is 23.1 Å². The van der Waals surface area contributed by atoms with Gasteiger partial charge in [0.05, 0.1) is 10.7 Å². The van der Waals surface area contributed by atoms with Crippen LogP contribution in [0.3, 0.4) is 0 Å². The van der Waals surface area contributed by atoms with E-state index in [2.05, 4.69) is 65.6 Å². The van der Waals surface area contributed by atoms with Crippen molar-refractivity contribution in [3.05, 3.63) is 45.9 Å². The second-order valence-corrected chi connectivity index (χ2v) is 8.41. The third-order valence-corrected chi connectivity index (χ3v) is 5.75. The first-order valence-corrected chi connectivity index (χ1v) is 9.87. The molecule has 24 heavy (non-hydrogen) atoms. The van der Waals surface area contributed by atoms with Gasteiger partial charge in [-0.2, -0.15) is 0 Å². The highest BCUT2D eigenvalue weighted by Crippen LogP contribution is 2.21. The summed E-state index contributed by atoms with van der Waals surface area (Å²) in [6.07, 6.45) is 0.979. The highest BCUT2D eigenvalue weighted by atomic mass is 32.2. The van der Waals surface area contributed by atoms with Crippen LogP contribution in [-0.4, -0.2) is 36.3 Å². The molecular weight excluding hydrogens is 336 g/mol. The van der Waals surface area contributed by atoms with Crippen LogP contribution in [-0.2, 0) is 6.42 Å². The van der Waals surface area contributed by atoms with Crippen molar-refractivity contribution < 1.29 is 0 Å². The molecule has 0 saturated heterocycles. The number of nitrogens with zero attached hydrogens (tertiary/aromatic N) is 2. The van der Waals surface area contributed by atoms with Gasteiger partial charge in [-0.3, -0.25) is 4.99 Å². The Kier molecular flexibility index (Phi) is 7.59. The summed E-state index contributed by atoms with van der Waals surface area (Å²) in [7, 11) is 1.81. The van der Waals surface area contributed by atoms with E-state index < -0.39 is 0 Å². The van der Waals surface area contributed by atoms with Crippen molar-refractivity contribution in [2.24, 2.45) is 4.99 Å². The zero-order chi connectivity index (χ0) is 17.4. The molecular formula is C18H26N4S2. The molecule has 0 radical (unpaired) electrons. The Morgan fingerprint density at radius 1 is 1.25 bits per heavy atom. The zero-order valence-electron chi connectivity index (χ0n) is 14.8. The first-order chi connectivity index (χ1) is 11.6. The van der Waals surface area contributed by atoms with Crippen LogP contribution < -0.4 is 10.6 Å². The molecule has 6 heteroatoms. The van der Waals surface area contributed by atoms with Crippen LogP contribution in [0.25, 0.3) is 0 Å². The molecule has 1 heterocycles. The number of hydrogen-bond acceptors (Lipinski definition) is 4. The van der Waals surface area contributed by atoms with Gasteiger partial charge in [0, 0.05) is 41.6 Å². The Hall–Kier alpha value is -1.53. The lowest BCUT2D eigenvalue weighted by Gasteiger charge is -2.15. The van der Waals surface area contributed by atoms with Gasteiger partial charge in [0.1, 0.15) is 0 Å².